The van der Waals surface area contributed by atoms with Crippen molar-refractivity contribution in [2.75, 3.05) is 0 Å². The topological polar surface area (TPSA) is 32.3 Å². The smallest absolute Gasteiger partial charge is 0.143 e. The summed E-state index contributed by atoms with van der Waals surface area (Å²) in [4.78, 5) is 1.28. The van der Waals surface area contributed by atoms with E-state index in [1.54, 1.807) is 11.3 Å². The molecule has 0 saturated heterocycles. The molecule has 0 unspecified atom stereocenters. The van der Waals surface area contributed by atoms with Crippen molar-refractivity contribution in [3.63, 3.8) is 0 Å². The van der Waals surface area contributed by atoms with Gasteiger partial charge in [0.25, 0.3) is 0 Å². The molecule has 96 valence electrons. The average molecular weight is 456 g/mol. The van der Waals surface area contributed by atoms with Crippen molar-refractivity contribution in [2.24, 2.45) is 0 Å². The van der Waals surface area contributed by atoms with Crippen LogP contribution in [-0.2, 0) is 13.1 Å². The van der Waals surface area contributed by atoms with Gasteiger partial charge in [-0.2, -0.15) is 0 Å². The summed E-state index contributed by atoms with van der Waals surface area (Å²) in [5.74, 6) is 0.236. The van der Waals surface area contributed by atoms with Crippen molar-refractivity contribution < 1.29 is 5.11 Å². The van der Waals surface area contributed by atoms with Crippen molar-refractivity contribution in [3.05, 3.63) is 47.4 Å². The van der Waals surface area contributed by atoms with Crippen molar-refractivity contribution >= 4 is 59.1 Å². The van der Waals surface area contributed by atoms with Gasteiger partial charge in [-0.05, 0) is 76.9 Å². The molecule has 2 nitrogen and oxygen atoms in total. The molecule has 2 aromatic rings. The van der Waals surface area contributed by atoms with Crippen LogP contribution in [0.5, 0.6) is 5.75 Å². The third-order valence-electron chi connectivity index (χ3n) is 2.38. The van der Waals surface area contributed by atoms with E-state index in [2.05, 4.69) is 64.6 Å². The lowest BCUT2D eigenvalue weighted by molar-refractivity contribution is 0.468. The molecule has 0 radical (unpaired) electrons. The molecule has 18 heavy (non-hydrogen) atoms. The Bertz CT molecular complexity index is 533. The Kier molecular flexibility index (Phi) is 5.26. The summed E-state index contributed by atoms with van der Waals surface area (Å²) in [6, 6.07) is 5.88. The highest BCUT2D eigenvalue weighted by Crippen LogP contribution is 2.33. The summed E-state index contributed by atoms with van der Waals surface area (Å²) in [5, 5.41) is 15.1. The zero-order valence-electron chi connectivity index (χ0n) is 9.21. The van der Waals surface area contributed by atoms with E-state index in [0.29, 0.717) is 8.95 Å². The van der Waals surface area contributed by atoms with Gasteiger partial charge in [0.2, 0.25) is 0 Å². The first-order valence-corrected chi connectivity index (χ1v) is 8.43. The molecule has 0 bridgehead atoms. The highest BCUT2D eigenvalue weighted by atomic mass is 79.9. The fourth-order valence-corrected chi connectivity index (χ4v) is 4.24. The van der Waals surface area contributed by atoms with Crippen molar-refractivity contribution in [3.8, 4) is 5.75 Å². The number of nitrogens with one attached hydrogen (secondary N) is 1. The molecule has 0 fully saturated rings. The summed E-state index contributed by atoms with van der Waals surface area (Å²) in [6.07, 6.45) is 0. The van der Waals surface area contributed by atoms with Crippen molar-refractivity contribution in [1.82, 2.24) is 5.32 Å². The van der Waals surface area contributed by atoms with E-state index in [0.717, 1.165) is 23.1 Å². The number of phenolic OH excluding ortho intramolecular Hbond substituents is 1. The van der Waals surface area contributed by atoms with Crippen LogP contribution >= 0.6 is 59.1 Å². The molecule has 2 N–H and O–H groups in total. The monoisotopic (exact) mass is 453 g/mol. The number of halogens is 3. The third-order valence-corrected chi connectivity index (χ3v) is 5.52. The predicted octanol–water partition coefficient (Wildman–Crippen LogP) is 5.03. The Morgan fingerprint density at radius 2 is 1.72 bits per heavy atom. The lowest BCUT2D eigenvalue weighted by Crippen LogP contribution is -2.12. The predicted molar refractivity (Wildman–Crippen MR) is 86.1 cm³/mol. The van der Waals surface area contributed by atoms with E-state index in [4.69, 9.17) is 0 Å². The molecule has 0 amide bonds. The highest BCUT2D eigenvalue weighted by molar-refractivity contribution is 9.11. The van der Waals surface area contributed by atoms with Gasteiger partial charge in [0.1, 0.15) is 5.75 Å². The number of thiophene rings is 1. The molecule has 1 aromatic heterocycles. The van der Waals surface area contributed by atoms with Gasteiger partial charge in [0, 0.05) is 22.4 Å². The largest absolute Gasteiger partial charge is 0.506 e. The summed E-state index contributed by atoms with van der Waals surface area (Å²) >= 11 is 11.9. The van der Waals surface area contributed by atoms with Crippen LogP contribution in [0.4, 0.5) is 0 Å². The second kappa shape index (κ2) is 6.52. The van der Waals surface area contributed by atoms with Crippen molar-refractivity contribution in [1.29, 1.82) is 0 Å². The van der Waals surface area contributed by atoms with Crippen LogP contribution in [0, 0.1) is 0 Å². The highest BCUT2D eigenvalue weighted by Gasteiger charge is 2.06. The fraction of sp³-hybridized carbons (Fsp3) is 0.167. The van der Waals surface area contributed by atoms with Crippen LogP contribution in [0.2, 0.25) is 0 Å². The van der Waals surface area contributed by atoms with E-state index in [1.807, 2.05) is 12.1 Å². The summed E-state index contributed by atoms with van der Waals surface area (Å²) in [7, 11) is 0. The quantitative estimate of drug-likeness (QED) is 0.677. The van der Waals surface area contributed by atoms with Crippen LogP contribution in [-0.4, -0.2) is 5.11 Å². The number of hydrogen-bond acceptors (Lipinski definition) is 3. The molecule has 0 aliphatic rings. The minimum Gasteiger partial charge on any atom is -0.506 e. The lowest BCUT2D eigenvalue weighted by Gasteiger charge is -2.07. The molecule has 0 aliphatic heterocycles. The summed E-state index contributed by atoms with van der Waals surface area (Å²) in [6.45, 7) is 1.58. The van der Waals surface area contributed by atoms with Gasteiger partial charge >= 0.3 is 0 Å². The minimum atomic E-state index is 0.236. The van der Waals surface area contributed by atoms with Gasteiger partial charge in [-0.3, -0.25) is 0 Å². The van der Waals surface area contributed by atoms with Crippen LogP contribution in [0.1, 0.15) is 10.4 Å². The van der Waals surface area contributed by atoms with Gasteiger partial charge in [0.15, 0.2) is 0 Å². The standard InChI is InChI=1S/C12H10Br3NOS/c13-8-1-2-18-11(8)6-16-5-7-3-9(14)12(17)10(15)4-7/h1-4,16-17H,5-6H2. The maximum absolute atomic E-state index is 9.62. The number of rotatable bonds is 4. The maximum Gasteiger partial charge on any atom is 0.143 e. The van der Waals surface area contributed by atoms with Crippen molar-refractivity contribution in [2.45, 2.75) is 13.1 Å². The Morgan fingerprint density at radius 1 is 1.06 bits per heavy atom. The van der Waals surface area contributed by atoms with E-state index < -0.39 is 0 Å². The fourth-order valence-electron chi connectivity index (χ4n) is 1.49. The normalized spacial score (nSPS) is 10.8. The molecule has 0 atom stereocenters. The molecule has 0 aliphatic carbocycles. The Hall–Kier alpha value is 0.120. The van der Waals surface area contributed by atoms with Crippen LogP contribution < -0.4 is 5.32 Å². The first kappa shape index (κ1) is 14.5. The third kappa shape index (κ3) is 3.57. The Morgan fingerprint density at radius 3 is 2.28 bits per heavy atom. The molecule has 2 rings (SSSR count). The molecule has 6 heteroatoms. The Balaban J connectivity index is 1.97. The van der Waals surface area contributed by atoms with Crippen LogP contribution in [0.15, 0.2) is 37.0 Å². The first-order chi connectivity index (χ1) is 8.58. The van der Waals surface area contributed by atoms with Crippen LogP contribution in [0.3, 0.4) is 0 Å². The second-order valence-electron chi connectivity index (χ2n) is 3.70. The van der Waals surface area contributed by atoms with E-state index in [1.165, 1.54) is 4.88 Å². The number of hydrogen-bond donors (Lipinski definition) is 2. The van der Waals surface area contributed by atoms with Gasteiger partial charge in [0.05, 0.1) is 8.95 Å². The van der Waals surface area contributed by atoms with E-state index >= 15 is 0 Å². The van der Waals surface area contributed by atoms with Gasteiger partial charge in [-0.1, -0.05) is 0 Å². The number of benzene rings is 1. The number of aromatic hydroxyl groups is 1. The zero-order chi connectivity index (χ0) is 13.1. The van der Waals surface area contributed by atoms with Gasteiger partial charge in [-0.25, -0.2) is 0 Å². The second-order valence-corrected chi connectivity index (χ2v) is 7.27. The molecule has 0 saturated carbocycles. The van der Waals surface area contributed by atoms with E-state index in [-0.39, 0.29) is 5.75 Å². The van der Waals surface area contributed by atoms with E-state index in [9.17, 15) is 5.11 Å². The average Bonchev–Trinajstić information content (AvgIpc) is 2.72. The SMILES string of the molecule is Oc1c(Br)cc(CNCc2sccc2Br)cc1Br. The van der Waals surface area contributed by atoms with Gasteiger partial charge in [-0.15, -0.1) is 11.3 Å². The molecular weight excluding hydrogens is 446 g/mol. The zero-order valence-corrected chi connectivity index (χ0v) is 14.8. The molecule has 0 spiro atoms. The summed E-state index contributed by atoms with van der Waals surface area (Å²) < 4.78 is 2.55. The minimum absolute atomic E-state index is 0.236. The summed E-state index contributed by atoms with van der Waals surface area (Å²) in [5.41, 5.74) is 1.11. The van der Waals surface area contributed by atoms with Gasteiger partial charge < -0.3 is 10.4 Å². The Labute approximate surface area is 135 Å². The van der Waals surface area contributed by atoms with Crippen LogP contribution in [0.25, 0.3) is 0 Å². The molecular formula is C12H10Br3NOS. The first-order valence-electron chi connectivity index (χ1n) is 5.17. The number of phenols is 1. The lowest BCUT2D eigenvalue weighted by atomic mass is 10.2. The molecule has 1 aromatic carbocycles. The maximum atomic E-state index is 9.62. The molecule has 1 heterocycles.